The molecule has 0 aliphatic carbocycles. The zero-order valence-electron chi connectivity index (χ0n) is 22.5. The van der Waals surface area contributed by atoms with Gasteiger partial charge in [0, 0.05) is 35.5 Å². The third-order valence-corrected chi connectivity index (χ3v) is 5.50. The summed E-state index contributed by atoms with van der Waals surface area (Å²) < 4.78 is 39.6. The average Bonchev–Trinajstić information content (AvgIpc) is 2.79. The highest BCUT2D eigenvalue weighted by Crippen LogP contribution is 2.28. The second kappa shape index (κ2) is 17.6. The van der Waals surface area contributed by atoms with Crippen molar-refractivity contribution < 1.29 is 13.2 Å². The van der Waals surface area contributed by atoms with Gasteiger partial charge in [-0.3, -0.25) is 10.0 Å². The molecule has 0 fully saturated rings. The van der Waals surface area contributed by atoms with Crippen LogP contribution in [-0.2, 0) is 0 Å². The highest BCUT2D eigenvalue weighted by molar-refractivity contribution is 8.02. The quantitative estimate of drug-likeness (QED) is 0.0896. The first-order valence-corrected chi connectivity index (χ1v) is 12.8. The molecule has 0 radical (unpaired) electrons. The second-order valence-electron chi connectivity index (χ2n) is 8.13. The minimum atomic E-state index is -4.36. The number of thioether (sulfide) groups is 1. The summed E-state index contributed by atoms with van der Waals surface area (Å²) in [5.41, 5.74) is 0.969. The lowest BCUT2D eigenvalue weighted by Gasteiger charge is -2.16. The fraction of sp³-hybridized carbons (Fsp3) is 0.444. The monoisotopic (exact) mass is 523 g/mol. The van der Waals surface area contributed by atoms with Crippen LogP contribution in [0.25, 0.3) is 0 Å². The van der Waals surface area contributed by atoms with Crippen LogP contribution in [0.5, 0.6) is 0 Å². The van der Waals surface area contributed by atoms with E-state index in [4.69, 9.17) is 0 Å². The van der Waals surface area contributed by atoms with Crippen molar-refractivity contribution in [2.75, 3.05) is 19.8 Å². The number of aliphatic imine (C=N–C) groups is 2. The van der Waals surface area contributed by atoms with E-state index in [1.165, 1.54) is 23.9 Å². The van der Waals surface area contributed by atoms with Gasteiger partial charge in [-0.15, -0.1) is 11.8 Å². The van der Waals surface area contributed by atoms with Gasteiger partial charge in [-0.05, 0) is 65.4 Å². The molecule has 0 saturated heterocycles. The first-order valence-electron chi connectivity index (χ1n) is 11.6. The van der Waals surface area contributed by atoms with E-state index in [1.807, 2.05) is 45.2 Å². The fourth-order valence-corrected chi connectivity index (χ4v) is 2.63. The first-order chi connectivity index (χ1) is 16.8. The Bertz CT molecular complexity index is 936. The molecule has 0 atom stereocenters. The number of alkyl halides is 3. The van der Waals surface area contributed by atoms with Crippen molar-refractivity contribution in [1.29, 1.82) is 0 Å². The molecule has 0 aromatic rings. The predicted molar refractivity (Wildman–Crippen MR) is 153 cm³/mol. The number of hydrazone groups is 1. The zero-order chi connectivity index (χ0) is 27.7. The van der Waals surface area contributed by atoms with Crippen LogP contribution in [0.1, 0.15) is 47.5 Å². The van der Waals surface area contributed by atoms with Gasteiger partial charge in [-0.25, -0.2) is 4.99 Å². The summed E-state index contributed by atoms with van der Waals surface area (Å²) in [6, 6.07) is 0.287. The summed E-state index contributed by atoms with van der Waals surface area (Å²) in [5, 5.41) is 9.28. The first kappa shape index (κ1) is 33.2. The molecule has 0 aromatic carbocycles. The second-order valence-corrected chi connectivity index (χ2v) is 9.03. The van der Waals surface area contributed by atoms with Crippen molar-refractivity contribution in [2.24, 2.45) is 15.1 Å². The minimum Gasteiger partial charge on any atom is -0.344 e. The van der Waals surface area contributed by atoms with Gasteiger partial charge in [-0.1, -0.05) is 43.5 Å². The molecule has 0 unspecified atom stereocenters. The van der Waals surface area contributed by atoms with E-state index in [-0.39, 0.29) is 18.9 Å². The van der Waals surface area contributed by atoms with Gasteiger partial charge in [0.2, 0.25) is 0 Å². The number of rotatable bonds is 13. The smallest absolute Gasteiger partial charge is 0.344 e. The minimum absolute atomic E-state index is 0.104. The molecule has 0 aromatic heterocycles. The van der Waals surface area contributed by atoms with Crippen LogP contribution in [0.2, 0.25) is 0 Å². The lowest BCUT2D eigenvalue weighted by atomic mass is 10.1. The summed E-state index contributed by atoms with van der Waals surface area (Å²) in [5.74, 6) is 0.914. The molecule has 36 heavy (non-hydrogen) atoms. The van der Waals surface area contributed by atoms with E-state index < -0.39 is 11.7 Å². The highest BCUT2D eigenvalue weighted by Gasteiger charge is 2.31. The molecular weight excluding hydrogens is 483 g/mol. The number of halogens is 3. The van der Waals surface area contributed by atoms with E-state index in [0.29, 0.717) is 23.9 Å². The van der Waals surface area contributed by atoms with E-state index in [2.05, 4.69) is 33.6 Å². The zero-order valence-corrected chi connectivity index (χ0v) is 23.3. The lowest BCUT2D eigenvalue weighted by Crippen LogP contribution is -2.20. The largest absolute Gasteiger partial charge is 0.412 e. The number of nitrogens with zero attached hydrogens (tertiary/aromatic N) is 4. The molecular formula is C27H40F3N5S. The summed E-state index contributed by atoms with van der Waals surface area (Å²) >= 11 is 1.46. The molecule has 0 heterocycles. The molecule has 200 valence electrons. The Morgan fingerprint density at radius 1 is 1.14 bits per heavy atom. The Balaban J connectivity index is 5.73. The Kier molecular flexibility index (Phi) is 16.2. The van der Waals surface area contributed by atoms with Crippen LogP contribution in [0.4, 0.5) is 13.2 Å². The number of nitrogens with one attached hydrogen (secondary N) is 1. The van der Waals surface area contributed by atoms with Crippen LogP contribution >= 0.6 is 11.8 Å². The SMILES string of the molecule is C=C(NC(C)=NC(/C=C/C/C=C(\C/C=C/C)C(F)(F)F)=NC/C=C(C)/C=N\N(C)C(C)C)C(=C)SC. The number of amidine groups is 2. The predicted octanol–water partition coefficient (Wildman–Crippen LogP) is 7.46. The Hall–Kier alpha value is -2.81. The average molecular weight is 524 g/mol. The van der Waals surface area contributed by atoms with Gasteiger partial charge >= 0.3 is 6.18 Å². The molecule has 0 saturated carbocycles. The normalized spacial score (nSPS) is 14.5. The highest BCUT2D eigenvalue weighted by atomic mass is 32.2. The van der Waals surface area contributed by atoms with E-state index in [1.54, 1.807) is 38.3 Å². The molecule has 0 amide bonds. The van der Waals surface area contributed by atoms with Crippen molar-refractivity contribution in [2.45, 2.75) is 59.7 Å². The molecule has 0 aliphatic heterocycles. The summed E-state index contributed by atoms with van der Waals surface area (Å²) in [6.07, 6.45) is 8.63. The number of allylic oxidation sites excluding steroid dienone is 6. The van der Waals surface area contributed by atoms with Gasteiger partial charge < -0.3 is 5.32 Å². The third kappa shape index (κ3) is 15.2. The van der Waals surface area contributed by atoms with Gasteiger partial charge in [0.15, 0.2) is 0 Å². The van der Waals surface area contributed by atoms with Crippen molar-refractivity contribution in [3.8, 4) is 0 Å². The summed E-state index contributed by atoms with van der Waals surface area (Å²) in [4.78, 5) is 9.74. The van der Waals surface area contributed by atoms with Crippen molar-refractivity contribution in [3.05, 3.63) is 71.4 Å². The maximum absolute atomic E-state index is 13.2. The molecule has 0 bridgehead atoms. The van der Waals surface area contributed by atoms with E-state index >= 15 is 0 Å². The van der Waals surface area contributed by atoms with Gasteiger partial charge in [0.25, 0.3) is 0 Å². The van der Waals surface area contributed by atoms with Crippen LogP contribution in [0, 0.1) is 0 Å². The molecule has 0 aliphatic rings. The third-order valence-electron chi connectivity index (χ3n) is 4.76. The number of hydrogen-bond acceptors (Lipinski definition) is 4. The van der Waals surface area contributed by atoms with Gasteiger partial charge in [-0.2, -0.15) is 18.3 Å². The van der Waals surface area contributed by atoms with Crippen molar-refractivity contribution >= 4 is 29.6 Å². The Morgan fingerprint density at radius 3 is 2.36 bits per heavy atom. The van der Waals surface area contributed by atoms with E-state index in [9.17, 15) is 13.2 Å². The maximum Gasteiger partial charge on any atom is 0.412 e. The Morgan fingerprint density at radius 2 is 1.81 bits per heavy atom. The fourth-order valence-electron chi connectivity index (χ4n) is 2.33. The summed E-state index contributed by atoms with van der Waals surface area (Å²) in [7, 11) is 1.90. The standard InChI is InChI=1S/C27H40F3N5S/c1-10-11-14-25(27(28,29)30)15-12-13-16-26(34-24(7)33-22(5)23(6)36-9)31-18-17-21(4)19-32-35(8)20(2)3/h10-11,13,15-17,19-20H,5-6,12,14,18H2,1-4,7-9H3,(H,31,33,34)/b11-10+,16-13+,21-17+,25-15+,32-19-. The molecule has 9 heteroatoms. The van der Waals surface area contributed by atoms with Crippen LogP contribution in [0.15, 0.2) is 86.4 Å². The maximum atomic E-state index is 13.2. The van der Waals surface area contributed by atoms with Gasteiger partial charge in [0.05, 0.1) is 6.54 Å². The van der Waals surface area contributed by atoms with Crippen LogP contribution in [0.3, 0.4) is 0 Å². The topological polar surface area (TPSA) is 52.4 Å². The molecule has 5 nitrogen and oxygen atoms in total. The molecule has 1 N–H and O–H groups in total. The lowest BCUT2D eigenvalue weighted by molar-refractivity contribution is -0.0931. The van der Waals surface area contributed by atoms with E-state index in [0.717, 1.165) is 10.5 Å². The van der Waals surface area contributed by atoms with Crippen molar-refractivity contribution in [3.63, 3.8) is 0 Å². The number of hydrogen-bond donors (Lipinski definition) is 1. The summed E-state index contributed by atoms with van der Waals surface area (Å²) in [6.45, 7) is 17.6. The Labute approximate surface area is 219 Å². The molecule has 0 rings (SSSR count). The van der Waals surface area contributed by atoms with Gasteiger partial charge in [0.1, 0.15) is 11.7 Å². The van der Waals surface area contributed by atoms with Crippen LogP contribution in [-0.4, -0.2) is 55.0 Å². The van der Waals surface area contributed by atoms with Crippen molar-refractivity contribution in [1.82, 2.24) is 10.3 Å². The molecule has 0 spiro atoms. The van der Waals surface area contributed by atoms with Crippen LogP contribution < -0.4 is 5.32 Å².